The SMILES string of the molecule is CN[CH-]C(=O)OC.[CH3-].[U+2]. The maximum atomic E-state index is 10.1. The van der Waals surface area contributed by atoms with Gasteiger partial charge in [0.05, 0.1) is 7.11 Å². The monoisotopic (exact) mass is 355 g/mol. The van der Waals surface area contributed by atoms with Crippen LogP contribution in [0.3, 0.4) is 0 Å². The molecule has 4 heteroatoms. The van der Waals surface area contributed by atoms with Crippen LogP contribution in [0.25, 0.3) is 0 Å². The van der Waals surface area contributed by atoms with Crippen molar-refractivity contribution in [2.75, 3.05) is 14.2 Å². The quantitative estimate of drug-likeness (QED) is 0.560. The van der Waals surface area contributed by atoms with Crippen LogP contribution in [0.4, 0.5) is 0 Å². The molecule has 52 valence electrons. The molecule has 0 spiro atoms. The number of carbonyl (C=O) groups excluding carboxylic acids is 1. The van der Waals surface area contributed by atoms with Crippen molar-refractivity contribution >= 4 is 5.97 Å². The van der Waals surface area contributed by atoms with Crippen LogP contribution in [0.2, 0.25) is 0 Å². The first-order valence-corrected chi connectivity index (χ1v) is 1.89. The first-order chi connectivity index (χ1) is 3.31. The predicted molar refractivity (Wildman–Crippen MR) is 31.8 cm³/mol. The fourth-order valence-electron chi connectivity index (χ4n) is 0.177. The minimum atomic E-state index is -0.359. The summed E-state index contributed by atoms with van der Waals surface area (Å²) >= 11 is 0. The van der Waals surface area contributed by atoms with Gasteiger partial charge in [-0.05, 0) is 7.05 Å². The number of likely N-dealkylation sites (N-methyl/N-ethyl adjacent to an activating group) is 1. The number of ether oxygens (including phenoxy) is 1. The van der Waals surface area contributed by atoms with Gasteiger partial charge < -0.3 is 17.5 Å². The molecule has 0 rings (SSSR count). The molecular weight excluding hydrogens is 344 g/mol. The minimum absolute atomic E-state index is 0. The minimum Gasteiger partial charge on any atom is -0.490 e. The van der Waals surface area contributed by atoms with Crippen molar-refractivity contribution in [3.8, 4) is 0 Å². The standard InChI is InChI=1S/C4H8NO2.CH3.U/c1-5-3-4(6)7-2;;/h3,5H,1-2H3;1H3;/q2*-1;+2. The van der Waals surface area contributed by atoms with Crippen molar-refractivity contribution in [3.05, 3.63) is 14.0 Å². The zero-order valence-electron chi connectivity index (χ0n) is 5.89. The first kappa shape index (κ1) is 16.2. The van der Waals surface area contributed by atoms with E-state index in [0.29, 0.717) is 0 Å². The summed E-state index contributed by atoms with van der Waals surface area (Å²) in [5, 5.41) is 2.52. The molecule has 0 aromatic rings. The Hall–Kier alpha value is 0.352. The van der Waals surface area contributed by atoms with Crippen LogP contribution in [0, 0.1) is 45.1 Å². The molecule has 0 atom stereocenters. The number of hydrogen-bond acceptors (Lipinski definition) is 3. The van der Waals surface area contributed by atoms with Gasteiger partial charge in [-0.25, -0.2) is 6.54 Å². The molecular formula is C5H11NO2U. The van der Waals surface area contributed by atoms with Crippen LogP contribution in [-0.4, -0.2) is 20.1 Å². The van der Waals surface area contributed by atoms with Crippen LogP contribution in [0.5, 0.6) is 0 Å². The number of esters is 1. The molecule has 0 aliphatic rings. The van der Waals surface area contributed by atoms with Crippen LogP contribution < -0.4 is 5.32 Å². The van der Waals surface area contributed by atoms with Gasteiger partial charge in [-0.2, -0.15) is 0 Å². The fourth-order valence-corrected chi connectivity index (χ4v) is 0.177. The molecule has 0 fully saturated rings. The summed E-state index contributed by atoms with van der Waals surface area (Å²) in [6.45, 7) is 1.24. The Morgan fingerprint density at radius 3 is 2.22 bits per heavy atom. The zero-order chi connectivity index (χ0) is 5.70. The van der Waals surface area contributed by atoms with Crippen LogP contribution in [0.15, 0.2) is 0 Å². The number of carbonyl (C=O) groups is 1. The Kier molecular flexibility index (Phi) is 20.1. The van der Waals surface area contributed by atoms with Gasteiger partial charge in [0.1, 0.15) is 0 Å². The number of hydrogen-bond donors (Lipinski definition) is 1. The van der Waals surface area contributed by atoms with Crippen LogP contribution in [0.1, 0.15) is 0 Å². The molecule has 0 unspecified atom stereocenters. The molecule has 0 aliphatic carbocycles. The molecule has 0 aromatic carbocycles. The second-order valence-electron chi connectivity index (χ2n) is 0.956. The molecule has 0 bridgehead atoms. The molecule has 0 saturated heterocycles. The fraction of sp³-hybridized carbons (Fsp3) is 0.400. The van der Waals surface area contributed by atoms with Crippen molar-refractivity contribution < 1.29 is 40.6 Å². The van der Waals surface area contributed by atoms with Gasteiger partial charge in [-0.3, -0.25) is 4.79 Å². The van der Waals surface area contributed by atoms with E-state index >= 15 is 0 Å². The third-order valence-electron chi connectivity index (χ3n) is 0.463. The molecule has 0 aliphatic heterocycles. The third-order valence-corrected chi connectivity index (χ3v) is 0.463. The summed E-state index contributed by atoms with van der Waals surface area (Å²) in [4.78, 5) is 10.1. The molecule has 0 aromatic heterocycles. The Labute approximate surface area is 79.9 Å². The van der Waals surface area contributed by atoms with Crippen molar-refractivity contribution in [1.82, 2.24) is 5.32 Å². The van der Waals surface area contributed by atoms with E-state index in [2.05, 4.69) is 10.1 Å². The van der Waals surface area contributed by atoms with E-state index in [1.54, 1.807) is 7.05 Å². The van der Waals surface area contributed by atoms with Crippen molar-refractivity contribution in [2.24, 2.45) is 0 Å². The van der Waals surface area contributed by atoms with Crippen LogP contribution in [-0.2, 0) is 9.53 Å². The smallest absolute Gasteiger partial charge is 0.490 e. The van der Waals surface area contributed by atoms with Crippen molar-refractivity contribution in [1.29, 1.82) is 0 Å². The van der Waals surface area contributed by atoms with E-state index in [0.717, 1.165) is 0 Å². The molecule has 3 nitrogen and oxygen atoms in total. The molecule has 1 N–H and O–H groups in total. The van der Waals surface area contributed by atoms with Gasteiger partial charge in [-0.1, -0.05) is 0 Å². The molecule has 0 amide bonds. The van der Waals surface area contributed by atoms with Gasteiger partial charge in [0.25, 0.3) is 0 Å². The normalized spacial score (nSPS) is 6.00. The molecule has 0 radical (unpaired) electrons. The van der Waals surface area contributed by atoms with E-state index in [1.807, 2.05) is 0 Å². The second kappa shape index (κ2) is 11.2. The summed E-state index contributed by atoms with van der Waals surface area (Å²) in [6, 6.07) is 0. The van der Waals surface area contributed by atoms with E-state index < -0.39 is 0 Å². The summed E-state index contributed by atoms with van der Waals surface area (Å²) in [7, 11) is 2.97. The van der Waals surface area contributed by atoms with Gasteiger partial charge in [0, 0.05) is 0 Å². The topological polar surface area (TPSA) is 38.3 Å². The number of methoxy groups -OCH3 is 1. The van der Waals surface area contributed by atoms with E-state index in [1.165, 1.54) is 13.7 Å². The second-order valence-corrected chi connectivity index (χ2v) is 0.956. The first-order valence-electron chi connectivity index (χ1n) is 1.89. The van der Waals surface area contributed by atoms with Gasteiger partial charge in [-0.15, -0.1) is 0 Å². The van der Waals surface area contributed by atoms with Crippen LogP contribution >= 0.6 is 0 Å². The molecule has 9 heavy (non-hydrogen) atoms. The summed E-state index contributed by atoms with van der Waals surface area (Å²) < 4.78 is 4.23. The van der Waals surface area contributed by atoms with Gasteiger partial charge >= 0.3 is 31.1 Å². The Morgan fingerprint density at radius 2 is 2.11 bits per heavy atom. The molecule has 0 heterocycles. The number of nitrogens with one attached hydrogen (secondary N) is 1. The van der Waals surface area contributed by atoms with Crippen molar-refractivity contribution in [3.63, 3.8) is 0 Å². The Morgan fingerprint density at radius 1 is 1.67 bits per heavy atom. The average molecular weight is 355 g/mol. The van der Waals surface area contributed by atoms with Crippen molar-refractivity contribution in [2.45, 2.75) is 0 Å². The zero-order valence-corrected chi connectivity index (χ0v) is 10.1. The predicted octanol–water partition coefficient (Wildman–Crippen LogP) is -0.00912. The maximum Gasteiger partial charge on any atom is 2.00 e. The van der Waals surface area contributed by atoms with E-state index in [4.69, 9.17) is 0 Å². The average Bonchev–Trinajstić information content (AvgIpc) is 1.68. The number of rotatable bonds is 2. The summed E-state index contributed by atoms with van der Waals surface area (Å²) in [6.07, 6.45) is 0. The largest absolute Gasteiger partial charge is 2.00 e. The Balaban J connectivity index is -0.000000180. The van der Waals surface area contributed by atoms with Gasteiger partial charge in [0.2, 0.25) is 0 Å². The summed E-state index contributed by atoms with van der Waals surface area (Å²) in [5.41, 5.74) is 0. The Bertz CT molecular complexity index is 68.0. The third kappa shape index (κ3) is 11.8. The van der Waals surface area contributed by atoms with E-state index in [9.17, 15) is 4.79 Å². The maximum absolute atomic E-state index is 10.1. The van der Waals surface area contributed by atoms with E-state index in [-0.39, 0.29) is 44.5 Å². The van der Waals surface area contributed by atoms with Gasteiger partial charge in [0.15, 0.2) is 5.97 Å². The molecule has 0 saturated carbocycles. The summed E-state index contributed by atoms with van der Waals surface area (Å²) in [5.74, 6) is -0.359.